The third-order valence-corrected chi connectivity index (χ3v) is 2.67. The Balaban J connectivity index is 2.17. The maximum absolute atomic E-state index is 11.9. The fraction of sp³-hybridized carbons (Fsp3) is 0.429. The molecule has 1 atom stereocenters. The molecule has 0 aromatic heterocycles. The van der Waals surface area contributed by atoms with E-state index in [2.05, 4.69) is 15.6 Å². The van der Waals surface area contributed by atoms with Gasteiger partial charge in [-0.2, -0.15) is 0 Å². The van der Waals surface area contributed by atoms with Crippen molar-refractivity contribution in [1.82, 2.24) is 10.6 Å². The molecule has 0 aliphatic carbocycles. The second-order valence-electron chi connectivity index (χ2n) is 5.52. The van der Waals surface area contributed by atoms with Gasteiger partial charge in [-0.15, -0.1) is 0 Å². The van der Waals surface area contributed by atoms with Crippen LogP contribution in [0.15, 0.2) is 29.3 Å². The smallest absolute Gasteiger partial charge is 0.256 e. The van der Waals surface area contributed by atoms with Gasteiger partial charge in [-0.05, 0) is 38.5 Å². The molecule has 1 heterocycles. The lowest BCUT2D eigenvalue weighted by Gasteiger charge is -2.21. The maximum Gasteiger partial charge on any atom is 0.256 e. The molecule has 2 rings (SSSR count). The highest BCUT2D eigenvalue weighted by molar-refractivity contribution is 6.05. The van der Waals surface area contributed by atoms with Gasteiger partial charge in [0.2, 0.25) is 0 Å². The molecule has 102 valence electrons. The van der Waals surface area contributed by atoms with Crippen LogP contribution in [-0.2, 0) is 4.79 Å². The largest absolute Gasteiger partial charge is 0.497 e. The number of benzene rings is 1. The number of methoxy groups -OCH3 is 1. The zero-order chi connectivity index (χ0) is 14.0. The van der Waals surface area contributed by atoms with E-state index in [1.807, 2.05) is 45.0 Å². The first kappa shape index (κ1) is 13.4. The fourth-order valence-corrected chi connectivity index (χ4v) is 1.84. The van der Waals surface area contributed by atoms with E-state index in [0.717, 1.165) is 11.3 Å². The van der Waals surface area contributed by atoms with Crippen LogP contribution < -0.4 is 15.4 Å². The average molecular weight is 261 g/mol. The summed E-state index contributed by atoms with van der Waals surface area (Å²) in [6.07, 6.45) is 0. The second kappa shape index (κ2) is 4.91. The Bertz CT molecular complexity index is 500. The van der Waals surface area contributed by atoms with E-state index in [1.54, 1.807) is 7.11 Å². The standard InChI is InChI=1S/C14H19N3O2/c1-14(2,3)17-13-15-11(12(18)16-13)9-5-7-10(19-4)8-6-9/h5-8,11H,1-4H3,(H2,15,16,17,18). The molecule has 0 spiro atoms. The topological polar surface area (TPSA) is 62.7 Å². The van der Waals surface area contributed by atoms with Crippen molar-refractivity contribution in [2.24, 2.45) is 4.99 Å². The summed E-state index contributed by atoms with van der Waals surface area (Å²) in [7, 11) is 1.61. The van der Waals surface area contributed by atoms with Crippen LogP contribution in [0.4, 0.5) is 0 Å². The van der Waals surface area contributed by atoms with Crippen LogP contribution in [0.2, 0.25) is 0 Å². The van der Waals surface area contributed by atoms with Crippen LogP contribution in [0.1, 0.15) is 32.4 Å². The van der Waals surface area contributed by atoms with Gasteiger partial charge in [0.25, 0.3) is 5.91 Å². The third-order valence-electron chi connectivity index (χ3n) is 2.67. The Labute approximate surface area is 113 Å². The molecular weight excluding hydrogens is 242 g/mol. The quantitative estimate of drug-likeness (QED) is 0.850. The van der Waals surface area contributed by atoms with Gasteiger partial charge in [0.1, 0.15) is 5.75 Å². The van der Waals surface area contributed by atoms with Crippen molar-refractivity contribution >= 4 is 11.9 Å². The molecule has 0 bridgehead atoms. The van der Waals surface area contributed by atoms with Crippen LogP contribution in [0, 0.1) is 0 Å². The number of nitrogens with zero attached hydrogens (tertiary/aromatic N) is 1. The number of aliphatic imine (C=N–C) groups is 1. The molecule has 0 fully saturated rings. The lowest BCUT2D eigenvalue weighted by molar-refractivity contribution is -0.120. The minimum Gasteiger partial charge on any atom is -0.497 e. The minimum absolute atomic E-state index is 0.114. The normalized spacial score (nSPS) is 18.8. The van der Waals surface area contributed by atoms with E-state index < -0.39 is 6.04 Å². The second-order valence-corrected chi connectivity index (χ2v) is 5.52. The maximum atomic E-state index is 11.9. The van der Waals surface area contributed by atoms with Gasteiger partial charge in [0.15, 0.2) is 12.0 Å². The predicted molar refractivity (Wildman–Crippen MR) is 74.2 cm³/mol. The molecule has 19 heavy (non-hydrogen) atoms. The summed E-state index contributed by atoms with van der Waals surface area (Å²) in [6.45, 7) is 6.05. The third kappa shape index (κ3) is 3.24. The van der Waals surface area contributed by atoms with E-state index in [1.165, 1.54) is 0 Å². The van der Waals surface area contributed by atoms with Gasteiger partial charge in [-0.3, -0.25) is 10.1 Å². The number of hydrogen-bond donors (Lipinski definition) is 2. The number of ether oxygens (including phenoxy) is 1. The molecule has 0 saturated carbocycles. The van der Waals surface area contributed by atoms with Crippen molar-refractivity contribution in [3.63, 3.8) is 0 Å². The molecule has 5 nitrogen and oxygen atoms in total. The van der Waals surface area contributed by atoms with Crippen molar-refractivity contribution < 1.29 is 9.53 Å². The van der Waals surface area contributed by atoms with Gasteiger partial charge >= 0.3 is 0 Å². The number of carbonyl (C=O) groups excluding carboxylic acids is 1. The van der Waals surface area contributed by atoms with E-state index in [4.69, 9.17) is 4.74 Å². The molecule has 2 N–H and O–H groups in total. The molecule has 5 heteroatoms. The highest BCUT2D eigenvalue weighted by Gasteiger charge is 2.29. The molecule has 0 radical (unpaired) electrons. The average Bonchev–Trinajstić information content (AvgIpc) is 2.68. The highest BCUT2D eigenvalue weighted by atomic mass is 16.5. The fourth-order valence-electron chi connectivity index (χ4n) is 1.84. The summed E-state index contributed by atoms with van der Waals surface area (Å²) in [5.41, 5.74) is 0.713. The Morgan fingerprint density at radius 1 is 1.26 bits per heavy atom. The van der Waals surface area contributed by atoms with Crippen molar-refractivity contribution in [3.8, 4) is 5.75 Å². The van der Waals surface area contributed by atoms with Crippen LogP contribution in [0.5, 0.6) is 5.75 Å². The summed E-state index contributed by atoms with van der Waals surface area (Å²) in [4.78, 5) is 16.3. The van der Waals surface area contributed by atoms with Crippen molar-refractivity contribution in [1.29, 1.82) is 0 Å². The summed E-state index contributed by atoms with van der Waals surface area (Å²) in [6, 6.07) is 6.87. The van der Waals surface area contributed by atoms with E-state index >= 15 is 0 Å². The van der Waals surface area contributed by atoms with E-state index in [-0.39, 0.29) is 11.4 Å². The van der Waals surface area contributed by atoms with Gasteiger partial charge in [-0.1, -0.05) is 12.1 Å². The SMILES string of the molecule is COc1ccc(C2N=C(NC(C)(C)C)NC2=O)cc1. The molecule has 1 aliphatic heterocycles. The highest BCUT2D eigenvalue weighted by Crippen LogP contribution is 2.23. The minimum atomic E-state index is -0.490. The zero-order valence-electron chi connectivity index (χ0n) is 11.7. The summed E-state index contributed by atoms with van der Waals surface area (Å²) in [5.74, 6) is 1.18. The van der Waals surface area contributed by atoms with Crippen molar-refractivity contribution in [2.45, 2.75) is 32.4 Å². The summed E-state index contributed by atoms with van der Waals surface area (Å²) >= 11 is 0. The van der Waals surface area contributed by atoms with Gasteiger partial charge in [-0.25, -0.2) is 4.99 Å². The van der Waals surface area contributed by atoms with Gasteiger partial charge in [0.05, 0.1) is 7.11 Å². The first-order valence-corrected chi connectivity index (χ1v) is 6.20. The number of hydrogen-bond acceptors (Lipinski definition) is 4. The lowest BCUT2D eigenvalue weighted by atomic mass is 10.1. The lowest BCUT2D eigenvalue weighted by Crippen LogP contribution is -2.46. The van der Waals surface area contributed by atoms with Crippen molar-refractivity contribution in [2.75, 3.05) is 7.11 Å². The summed E-state index contributed by atoms with van der Waals surface area (Å²) in [5, 5.41) is 5.92. The number of nitrogens with one attached hydrogen (secondary N) is 2. The monoisotopic (exact) mass is 261 g/mol. The molecule has 1 aromatic rings. The molecule has 1 amide bonds. The molecule has 0 saturated heterocycles. The van der Waals surface area contributed by atoms with Gasteiger partial charge in [0, 0.05) is 5.54 Å². The molecule has 1 unspecified atom stereocenters. The number of carbonyl (C=O) groups is 1. The van der Waals surface area contributed by atoms with Gasteiger partial charge < -0.3 is 10.1 Å². The molecule has 1 aromatic carbocycles. The van der Waals surface area contributed by atoms with Crippen molar-refractivity contribution in [3.05, 3.63) is 29.8 Å². The number of guanidine groups is 1. The first-order chi connectivity index (χ1) is 8.89. The summed E-state index contributed by atoms with van der Waals surface area (Å²) < 4.78 is 5.10. The van der Waals surface area contributed by atoms with Crippen LogP contribution in [0.3, 0.4) is 0 Å². The Morgan fingerprint density at radius 2 is 1.89 bits per heavy atom. The first-order valence-electron chi connectivity index (χ1n) is 6.20. The zero-order valence-corrected chi connectivity index (χ0v) is 11.7. The number of amides is 1. The van der Waals surface area contributed by atoms with E-state index in [0.29, 0.717) is 5.96 Å². The van der Waals surface area contributed by atoms with E-state index in [9.17, 15) is 4.79 Å². The molecule has 1 aliphatic rings. The Kier molecular flexibility index (Phi) is 3.46. The van der Waals surface area contributed by atoms with Crippen LogP contribution in [-0.4, -0.2) is 24.5 Å². The Hall–Kier alpha value is -2.04. The number of rotatable bonds is 2. The predicted octanol–water partition coefficient (Wildman–Crippen LogP) is 1.61. The van der Waals surface area contributed by atoms with Crippen LogP contribution >= 0.6 is 0 Å². The molecular formula is C14H19N3O2. The Morgan fingerprint density at radius 3 is 2.42 bits per heavy atom. The van der Waals surface area contributed by atoms with Crippen LogP contribution in [0.25, 0.3) is 0 Å².